The Bertz CT molecular complexity index is 1000. The molecule has 0 spiro atoms. The third-order valence-corrected chi connectivity index (χ3v) is 5.19. The second-order valence-corrected chi connectivity index (χ2v) is 7.12. The van der Waals surface area contributed by atoms with Crippen molar-refractivity contribution in [2.45, 2.75) is 13.5 Å². The number of fused-ring (bicyclic) bond motifs is 1. The first-order valence-electron chi connectivity index (χ1n) is 8.17. The first kappa shape index (κ1) is 15.7. The SMILES string of the molecule is Cc1ccc(CNc2ccc(-c3nc4ccc(O)cc4s3)cc2)cc1. The number of aromatic nitrogens is 1. The number of aromatic hydroxyl groups is 1. The number of benzene rings is 3. The Morgan fingerprint density at radius 2 is 1.72 bits per heavy atom. The zero-order valence-electron chi connectivity index (χ0n) is 13.9. The van der Waals surface area contributed by atoms with Gasteiger partial charge >= 0.3 is 0 Å². The van der Waals surface area contributed by atoms with E-state index in [9.17, 15) is 5.11 Å². The number of rotatable bonds is 4. The topological polar surface area (TPSA) is 45.2 Å². The quantitative estimate of drug-likeness (QED) is 0.506. The van der Waals surface area contributed by atoms with Gasteiger partial charge in [-0.25, -0.2) is 4.98 Å². The molecule has 0 radical (unpaired) electrons. The Hall–Kier alpha value is -2.85. The van der Waals surface area contributed by atoms with Crippen molar-refractivity contribution in [3.8, 4) is 16.3 Å². The maximum absolute atomic E-state index is 9.59. The standard InChI is InChI=1S/C21H18N2OS/c1-14-2-4-15(5-3-14)13-22-17-8-6-16(7-9-17)21-23-19-11-10-18(24)12-20(19)25-21/h2-12,22,24H,13H2,1H3. The zero-order chi connectivity index (χ0) is 17.2. The van der Waals surface area contributed by atoms with E-state index in [0.717, 1.165) is 33.0 Å². The van der Waals surface area contributed by atoms with Gasteiger partial charge in [0, 0.05) is 17.8 Å². The van der Waals surface area contributed by atoms with Gasteiger partial charge in [-0.15, -0.1) is 11.3 Å². The molecule has 1 aromatic heterocycles. The number of phenols is 1. The molecule has 0 aliphatic carbocycles. The summed E-state index contributed by atoms with van der Waals surface area (Å²) in [7, 11) is 0. The van der Waals surface area contributed by atoms with Crippen LogP contribution in [0, 0.1) is 6.92 Å². The molecule has 0 saturated heterocycles. The number of nitrogens with zero attached hydrogens (tertiary/aromatic N) is 1. The fourth-order valence-electron chi connectivity index (χ4n) is 2.68. The predicted molar refractivity (Wildman–Crippen MR) is 105 cm³/mol. The molecule has 0 aliphatic heterocycles. The third-order valence-electron chi connectivity index (χ3n) is 4.12. The van der Waals surface area contributed by atoms with E-state index in [2.05, 4.69) is 65.8 Å². The molecular weight excluding hydrogens is 328 g/mol. The van der Waals surface area contributed by atoms with Crippen LogP contribution in [0.25, 0.3) is 20.8 Å². The Morgan fingerprint density at radius 1 is 0.960 bits per heavy atom. The van der Waals surface area contributed by atoms with E-state index >= 15 is 0 Å². The van der Waals surface area contributed by atoms with Gasteiger partial charge in [-0.3, -0.25) is 0 Å². The zero-order valence-corrected chi connectivity index (χ0v) is 14.7. The lowest BCUT2D eigenvalue weighted by atomic mass is 10.1. The highest BCUT2D eigenvalue weighted by atomic mass is 32.1. The predicted octanol–water partition coefficient (Wildman–Crippen LogP) is 5.59. The highest BCUT2D eigenvalue weighted by Gasteiger charge is 2.07. The van der Waals surface area contributed by atoms with E-state index in [0.29, 0.717) is 0 Å². The van der Waals surface area contributed by atoms with Gasteiger partial charge < -0.3 is 10.4 Å². The first-order valence-corrected chi connectivity index (χ1v) is 8.98. The van der Waals surface area contributed by atoms with Crippen molar-refractivity contribution < 1.29 is 5.11 Å². The monoisotopic (exact) mass is 346 g/mol. The van der Waals surface area contributed by atoms with E-state index in [1.807, 2.05) is 6.07 Å². The number of thiazole rings is 1. The van der Waals surface area contributed by atoms with Crippen molar-refractivity contribution >= 4 is 27.2 Å². The lowest BCUT2D eigenvalue weighted by Crippen LogP contribution is -1.98. The fourth-order valence-corrected chi connectivity index (χ4v) is 3.68. The van der Waals surface area contributed by atoms with Gasteiger partial charge in [0.1, 0.15) is 10.8 Å². The number of phenolic OH excluding ortho intramolecular Hbond substituents is 1. The average molecular weight is 346 g/mol. The van der Waals surface area contributed by atoms with Crippen molar-refractivity contribution in [1.29, 1.82) is 0 Å². The van der Waals surface area contributed by atoms with Gasteiger partial charge in [0.25, 0.3) is 0 Å². The molecule has 0 atom stereocenters. The number of anilines is 1. The summed E-state index contributed by atoms with van der Waals surface area (Å²) in [6, 6.07) is 22.1. The summed E-state index contributed by atoms with van der Waals surface area (Å²) in [5, 5.41) is 14.0. The normalized spacial score (nSPS) is 10.9. The van der Waals surface area contributed by atoms with Gasteiger partial charge in [-0.2, -0.15) is 0 Å². The van der Waals surface area contributed by atoms with Crippen molar-refractivity contribution in [2.75, 3.05) is 5.32 Å². The summed E-state index contributed by atoms with van der Waals surface area (Å²) in [5.41, 5.74) is 5.63. The van der Waals surface area contributed by atoms with E-state index < -0.39 is 0 Å². The van der Waals surface area contributed by atoms with Crippen molar-refractivity contribution in [3.63, 3.8) is 0 Å². The summed E-state index contributed by atoms with van der Waals surface area (Å²) in [6.45, 7) is 2.90. The van der Waals surface area contributed by atoms with Gasteiger partial charge in [0.2, 0.25) is 0 Å². The van der Waals surface area contributed by atoms with Crippen LogP contribution in [0.4, 0.5) is 5.69 Å². The lowest BCUT2D eigenvalue weighted by Gasteiger charge is -2.07. The molecule has 0 unspecified atom stereocenters. The molecule has 3 aromatic carbocycles. The van der Waals surface area contributed by atoms with Crippen LogP contribution in [0.5, 0.6) is 5.75 Å². The van der Waals surface area contributed by atoms with E-state index in [1.165, 1.54) is 11.1 Å². The van der Waals surface area contributed by atoms with Crippen LogP contribution in [0.1, 0.15) is 11.1 Å². The molecule has 4 aromatic rings. The second-order valence-electron chi connectivity index (χ2n) is 6.09. The molecule has 4 heteroatoms. The Labute approximate surface area is 150 Å². The summed E-state index contributed by atoms with van der Waals surface area (Å²) in [4.78, 5) is 4.64. The van der Waals surface area contributed by atoms with Crippen LogP contribution in [0.3, 0.4) is 0 Å². The molecule has 0 fully saturated rings. The molecule has 0 amide bonds. The van der Waals surface area contributed by atoms with Gasteiger partial charge in [0.15, 0.2) is 0 Å². The van der Waals surface area contributed by atoms with E-state index in [1.54, 1.807) is 23.5 Å². The van der Waals surface area contributed by atoms with Gasteiger partial charge in [0.05, 0.1) is 10.2 Å². The minimum atomic E-state index is 0.276. The summed E-state index contributed by atoms with van der Waals surface area (Å²) in [5.74, 6) is 0.276. The van der Waals surface area contributed by atoms with Gasteiger partial charge in [-0.05, 0) is 55.0 Å². The van der Waals surface area contributed by atoms with Crippen LogP contribution >= 0.6 is 11.3 Å². The minimum Gasteiger partial charge on any atom is -0.508 e. The van der Waals surface area contributed by atoms with Crippen molar-refractivity contribution in [2.24, 2.45) is 0 Å². The number of aryl methyl sites for hydroxylation is 1. The summed E-state index contributed by atoms with van der Waals surface area (Å²) >= 11 is 1.59. The molecule has 25 heavy (non-hydrogen) atoms. The molecule has 0 aliphatic rings. The van der Waals surface area contributed by atoms with Crippen LogP contribution in [-0.2, 0) is 6.54 Å². The summed E-state index contributed by atoms with van der Waals surface area (Å²) in [6.07, 6.45) is 0. The first-order chi connectivity index (χ1) is 12.2. The van der Waals surface area contributed by atoms with Gasteiger partial charge in [-0.1, -0.05) is 29.8 Å². The minimum absolute atomic E-state index is 0.276. The highest BCUT2D eigenvalue weighted by Crippen LogP contribution is 2.32. The molecule has 0 bridgehead atoms. The Kier molecular flexibility index (Phi) is 4.12. The highest BCUT2D eigenvalue weighted by molar-refractivity contribution is 7.21. The maximum Gasteiger partial charge on any atom is 0.124 e. The van der Waals surface area contributed by atoms with Crippen LogP contribution in [0.2, 0.25) is 0 Å². The maximum atomic E-state index is 9.59. The molecule has 124 valence electrons. The van der Waals surface area contributed by atoms with Crippen LogP contribution < -0.4 is 5.32 Å². The van der Waals surface area contributed by atoms with Crippen molar-refractivity contribution in [3.05, 3.63) is 77.9 Å². The number of nitrogens with one attached hydrogen (secondary N) is 1. The lowest BCUT2D eigenvalue weighted by molar-refractivity contribution is 0.476. The number of hydrogen-bond acceptors (Lipinski definition) is 4. The molecule has 3 nitrogen and oxygen atoms in total. The fraction of sp³-hybridized carbons (Fsp3) is 0.0952. The van der Waals surface area contributed by atoms with E-state index in [4.69, 9.17) is 0 Å². The van der Waals surface area contributed by atoms with Crippen LogP contribution in [-0.4, -0.2) is 10.1 Å². The third kappa shape index (κ3) is 3.49. The number of hydrogen-bond donors (Lipinski definition) is 2. The average Bonchev–Trinajstić information content (AvgIpc) is 3.05. The van der Waals surface area contributed by atoms with Crippen LogP contribution in [0.15, 0.2) is 66.7 Å². The molecule has 4 rings (SSSR count). The molecule has 0 saturated carbocycles. The molecule has 2 N–H and O–H groups in total. The molecule has 1 heterocycles. The Balaban J connectivity index is 1.49. The van der Waals surface area contributed by atoms with E-state index in [-0.39, 0.29) is 5.75 Å². The smallest absolute Gasteiger partial charge is 0.124 e. The molecular formula is C21H18N2OS. The second kappa shape index (κ2) is 6.57. The summed E-state index contributed by atoms with van der Waals surface area (Å²) < 4.78 is 0.997. The largest absolute Gasteiger partial charge is 0.508 e. The van der Waals surface area contributed by atoms with Crippen molar-refractivity contribution in [1.82, 2.24) is 4.98 Å². The Morgan fingerprint density at radius 3 is 2.48 bits per heavy atom.